The zero-order chi connectivity index (χ0) is 17.3. The van der Waals surface area contributed by atoms with Crippen LogP contribution in [0.2, 0.25) is 0 Å². The topological polar surface area (TPSA) is 129 Å². The maximum atomic E-state index is 13.3. The number of rotatable bonds is 4. The summed E-state index contributed by atoms with van der Waals surface area (Å²) in [5.41, 5.74) is -2.01. The van der Waals surface area contributed by atoms with Crippen LogP contribution in [0.5, 0.6) is 0 Å². The van der Waals surface area contributed by atoms with Gasteiger partial charge in [0.05, 0.1) is 32.1 Å². The largest absolute Gasteiger partial charge is 0.474 e. The Balaban J connectivity index is 1.66. The van der Waals surface area contributed by atoms with Crippen molar-refractivity contribution in [3.8, 4) is 0 Å². The first kappa shape index (κ1) is 17.5. The average Bonchev–Trinajstić information content (AvgIpc) is 2.90. The highest BCUT2D eigenvalue weighted by atomic mass is 31.2. The number of hydrogen-bond acceptors (Lipinski definition) is 8. The number of ether oxygens (including phenoxy) is 1. The summed E-state index contributed by atoms with van der Waals surface area (Å²) in [7, 11) is -3.68. The lowest BCUT2D eigenvalue weighted by atomic mass is 10.2. The van der Waals surface area contributed by atoms with Crippen LogP contribution < -0.4 is 11.2 Å². The summed E-state index contributed by atoms with van der Waals surface area (Å²) < 4.78 is 46.6. The van der Waals surface area contributed by atoms with E-state index in [0.29, 0.717) is 12.6 Å². The van der Waals surface area contributed by atoms with Crippen LogP contribution in [0.1, 0.15) is 19.1 Å². The summed E-state index contributed by atoms with van der Waals surface area (Å²) in [5, 5.41) is 9.99. The van der Waals surface area contributed by atoms with E-state index >= 15 is 0 Å². The minimum atomic E-state index is -3.68. The molecule has 2 aliphatic heterocycles. The predicted molar refractivity (Wildman–Crippen MR) is 75.9 cm³/mol. The highest BCUT2D eigenvalue weighted by Gasteiger charge is 2.39. The van der Waals surface area contributed by atoms with Gasteiger partial charge in [-0.25, -0.2) is 9.36 Å². The molecular weight excluding hydrogens is 350 g/mol. The Morgan fingerprint density at radius 3 is 2.83 bits per heavy atom. The fourth-order valence-corrected chi connectivity index (χ4v) is 3.66. The third-order valence-electron chi connectivity index (χ3n) is 3.62. The molecule has 2 saturated heterocycles. The lowest BCUT2D eigenvalue weighted by Crippen LogP contribution is -2.34. The number of H-pyrrole nitrogens is 1. The van der Waals surface area contributed by atoms with E-state index < -0.39 is 43.3 Å². The maximum Gasteiger partial charge on any atom is 0.474 e. The Morgan fingerprint density at radius 2 is 2.12 bits per heavy atom. The fourth-order valence-electron chi connectivity index (χ4n) is 2.40. The van der Waals surface area contributed by atoms with Crippen LogP contribution >= 0.6 is 7.82 Å². The zero-order valence-electron chi connectivity index (χ0n) is 12.4. The van der Waals surface area contributed by atoms with Crippen LogP contribution in [0.25, 0.3) is 0 Å². The molecule has 0 amide bonds. The molecule has 0 saturated carbocycles. The molecule has 0 bridgehead atoms. The number of aliphatic hydroxyl groups excluding tert-OH is 1. The highest BCUT2D eigenvalue weighted by Crippen LogP contribution is 2.52. The van der Waals surface area contributed by atoms with E-state index in [1.54, 1.807) is 4.98 Å². The summed E-state index contributed by atoms with van der Waals surface area (Å²) in [5.74, 6) is -1.15. The molecule has 134 valence electrons. The number of phosphoric ester groups is 1. The molecule has 1 aromatic rings. The van der Waals surface area contributed by atoms with Crippen LogP contribution in [0, 0.1) is 5.82 Å². The number of halogens is 1. The van der Waals surface area contributed by atoms with Crippen molar-refractivity contribution in [1.29, 1.82) is 0 Å². The maximum absolute atomic E-state index is 13.3. The van der Waals surface area contributed by atoms with Crippen molar-refractivity contribution < 1.29 is 32.4 Å². The van der Waals surface area contributed by atoms with E-state index in [0.717, 1.165) is 4.57 Å². The summed E-state index contributed by atoms with van der Waals surface area (Å²) in [6.45, 7) is 0.176. The number of nitrogens with zero attached hydrogens (tertiary/aromatic N) is 1. The first-order valence-electron chi connectivity index (χ1n) is 7.26. The molecule has 3 rings (SSSR count). The standard InChI is InChI=1S/C12H16FN2O8P/c13-7-5-15(12(18)14-11(7)17)10-4-8(16)9(23-10)6-22-24(19)20-2-1-3-21-24/h5,8-10,16H,1-4,6H2,(H,14,17,18)/t8-,9+,10+/m0/s1. The molecule has 2 N–H and O–H groups in total. The predicted octanol–water partition coefficient (Wildman–Crippen LogP) is -0.114. The molecule has 0 aromatic carbocycles. The molecule has 3 atom stereocenters. The van der Waals surface area contributed by atoms with Gasteiger partial charge < -0.3 is 9.84 Å². The van der Waals surface area contributed by atoms with Crippen LogP contribution in [-0.2, 0) is 22.9 Å². The summed E-state index contributed by atoms with van der Waals surface area (Å²) >= 11 is 0. The van der Waals surface area contributed by atoms with E-state index in [4.69, 9.17) is 18.3 Å². The molecule has 1 aromatic heterocycles. The van der Waals surface area contributed by atoms with E-state index in [-0.39, 0.29) is 26.2 Å². The third-order valence-corrected chi connectivity index (χ3v) is 5.09. The quantitative estimate of drug-likeness (QED) is 0.706. The number of hydrogen-bond donors (Lipinski definition) is 2. The van der Waals surface area contributed by atoms with Gasteiger partial charge in [0.25, 0.3) is 5.56 Å². The van der Waals surface area contributed by atoms with Gasteiger partial charge in [-0.05, 0) is 6.42 Å². The molecule has 3 heterocycles. The van der Waals surface area contributed by atoms with Gasteiger partial charge >= 0.3 is 13.5 Å². The highest BCUT2D eigenvalue weighted by molar-refractivity contribution is 7.48. The number of aliphatic hydroxyl groups is 1. The molecule has 12 heteroatoms. The van der Waals surface area contributed by atoms with Crippen LogP contribution in [-0.4, -0.2) is 46.7 Å². The second-order valence-corrected chi connectivity index (χ2v) is 7.01. The van der Waals surface area contributed by atoms with E-state index in [2.05, 4.69) is 0 Å². The molecule has 2 aliphatic rings. The lowest BCUT2D eigenvalue weighted by molar-refractivity contribution is -0.0507. The normalized spacial score (nSPS) is 29.7. The van der Waals surface area contributed by atoms with E-state index in [1.165, 1.54) is 0 Å². The molecule has 0 unspecified atom stereocenters. The second kappa shape index (κ2) is 6.87. The minimum absolute atomic E-state index is 0.0363. The van der Waals surface area contributed by atoms with Gasteiger partial charge in [-0.3, -0.25) is 27.9 Å². The third kappa shape index (κ3) is 3.66. The molecule has 0 radical (unpaired) electrons. The van der Waals surface area contributed by atoms with Gasteiger partial charge in [-0.1, -0.05) is 0 Å². The molecule has 2 fully saturated rings. The second-order valence-electron chi connectivity index (χ2n) is 5.34. The number of aromatic nitrogens is 2. The van der Waals surface area contributed by atoms with Crippen molar-refractivity contribution >= 4 is 7.82 Å². The summed E-state index contributed by atoms with van der Waals surface area (Å²) in [4.78, 5) is 24.6. The van der Waals surface area contributed by atoms with Crippen LogP contribution in [0.4, 0.5) is 4.39 Å². The van der Waals surface area contributed by atoms with Gasteiger partial charge in [-0.2, -0.15) is 4.39 Å². The first-order valence-corrected chi connectivity index (χ1v) is 8.72. The molecule has 0 spiro atoms. The molecule has 10 nitrogen and oxygen atoms in total. The van der Waals surface area contributed by atoms with Crippen LogP contribution in [0.3, 0.4) is 0 Å². The Morgan fingerprint density at radius 1 is 1.42 bits per heavy atom. The van der Waals surface area contributed by atoms with E-state index in [1.807, 2.05) is 0 Å². The summed E-state index contributed by atoms with van der Waals surface area (Å²) in [6.07, 6.45) is -1.70. The van der Waals surface area contributed by atoms with Crippen molar-refractivity contribution in [3.63, 3.8) is 0 Å². The summed E-state index contributed by atoms with van der Waals surface area (Å²) in [6, 6.07) is 0. The monoisotopic (exact) mass is 366 g/mol. The van der Waals surface area contributed by atoms with Crippen molar-refractivity contribution in [2.45, 2.75) is 31.3 Å². The van der Waals surface area contributed by atoms with Gasteiger partial charge in [0.15, 0.2) is 0 Å². The molecule has 24 heavy (non-hydrogen) atoms. The van der Waals surface area contributed by atoms with E-state index in [9.17, 15) is 23.7 Å². The number of aromatic amines is 1. The molecular formula is C12H16FN2O8P. The van der Waals surface area contributed by atoms with Gasteiger partial charge in [0, 0.05) is 6.42 Å². The average molecular weight is 366 g/mol. The Labute approximate surface area is 134 Å². The van der Waals surface area contributed by atoms with Crippen molar-refractivity contribution in [1.82, 2.24) is 9.55 Å². The van der Waals surface area contributed by atoms with Crippen LogP contribution in [0.15, 0.2) is 15.8 Å². The Kier molecular flexibility index (Phi) is 5.00. The Hall–Kier alpha value is -1.36. The lowest BCUT2D eigenvalue weighted by Gasteiger charge is -2.24. The SMILES string of the molecule is O=c1[nH]c(=O)n([C@H]2C[C@H](O)[C@@H](COP3(=O)OCCCO3)O2)cc1F. The Bertz CT molecular complexity index is 754. The fraction of sp³-hybridized carbons (Fsp3) is 0.667. The van der Waals surface area contributed by atoms with Gasteiger partial charge in [-0.15, -0.1) is 0 Å². The van der Waals surface area contributed by atoms with Gasteiger partial charge in [0.2, 0.25) is 5.82 Å². The van der Waals surface area contributed by atoms with Gasteiger partial charge in [0.1, 0.15) is 12.3 Å². The first-order chi connectivity index (χ1) is 11.4. The minimum Gasteiger partial charge on any atom is -0.390 e. The number of phosphoric acid groups is 1. The molecule has 0 aliphatic carbocycles. The zero-order valence-corrected chi connectivity index (χ0v) is 13.3. The van der Waals surface area contributed by atoms with Crippen molar-refractivity contribution in [2.24, 2.45) is 0 Å². The smallest absolute Gasteiger partial charge is 0.390 e. The van der Waals surface area contributed by atoms with Crippen molar-refractivity contribution in [2.75, 3.05) is 19.8 Å². The number of nitrogens with one attached hydrogen (secondary N) is 1. The van der Waals surface area contributed by atoms with Crippen molar-refractivity contribution in [3.05, 3.63) is 32.9 Å².